The van der Waals surface area contributed by atoms with E-state index in [0.717, 1.165) is 6.42 Å². The number of hydrogen-bond acceptors (Lipinski definition) is 9. The first-order valence-electron chi connectivity index (χ1n) is 15.6. The van der Waals surface area contributed by atoms with E-state index in [0.29, 0.717) is 86.9 Å². The number of aromatic nitrogens is 4. The number of alkyl halides is 2. The standard InChI is InChI=1S/C34H35Cl2F2N7O3/c1-47-32-27(15-39-14-20-9-10-29(46)43-20)41-16-25(44-32)23-7-3-5-21(30(23)35)22-6-4-8-24(31(22)36)26-17-42-28(33(45-26)48-2)18-40-19-11-12-34(37,38)13-19/h3-8,16-17,19-20,39-40H,9-15,18H2,1-2H3,(H,43,46)/t19?,20-/m0/s1. The molecule has 2 fully saturated rings. The van der Waals surface area contributed by atoms with Crippen molar-refractivity contribution in [2.24, 2.45) is 0 Å². The quantitative estimate of drug-likeness (QED) is 0.158. The van der Waals surface area contributed by atoms with Crippen LogP contribution in [0.5, 0.6) is 11.8 Å². The van der Waals surface area contributed by atoms with Gasteiger partial charge in [-0.3, -0.25) is 14.8 Å². The Bertz CT molecular complexity index is 1810. The fourth-order valence-corrected chi connectivity index (χ4v) is 6.71. The molecule has 10 nitrogen and oxygen atoms in total. The van der Waals surface area contributed by atoms with Crippen LogP contribution in [0.1, 0.15) is 43.5 Å². The van der Waals surface area contributed by atoms with E-state index in [9.17, 15) is 13.6 Å². The summed E-state index contributed by atoms with van der Waals surface area (Å²) in [5.41, 5.74) is 4.78. The van der Waals surface area contributed by atoms with E-state index < -0.39 is 5.92 Å². The van der Waals surface area contributed by atoms with Crippen LogP contribution in [0.4, 0.5) is 8.78 Å². The monoisotopic (exact) mass is 697 g/mol. The van der Waals surface area contributed by atoms with Crippen LogP contribution in [0.15, 0.2) is 48.8 Å². The van der Waals surface area contributed by atoms with Crippen molar-refractivity contribution in [3.05, 3.63) is 70.2 Å². The Labute approximate surface area is 287 Å². The van der Waals surface area contributed by atoms with Crippen molar-refractivity contribution in [3.8, 4) is 45.4 Å². The Hall–Kier alpha value is -3.97. The van der Waals surface area contributed by atoms with Crippen LogP contribution < -0.4 is 25.4 Å². The highest BCUT2D eigenvalue weighted by atomic mass is 35.5. The first-order valence-corrected chi connectivity index (χ1v) is 16.4. The molecule has 1 amide bonds. The predicted octanol–water partition coefficient (Wildman–Crippen LogP) is 6.24. The lowest BCUT2D eigenvalue weighted by atomic mass is 9.98. The SMILES string of the molecule is COc1nc(-c2cccc(-c3cccc(-c4cnc(CNC5CCC(F)(F)C5)c(OC)n4)c3Cl)c2Cl)cnc1CNC[C@@H]1CCC(=O)N1. The van der Waals surface area contributed by atoms with Gasteiger partial charge in [-0.15, -0.1) is 0 Å². The summed E-state index contributed by atoms with van der Waals surface area (Å²) in [7, 11) is 3.03. The van der Waals surface area contributed by atoms with Gasteiger partial charge in [0.2, 0.25) is 23.6 Å². The van der Waals surface area contributed by atoms with Crippen LogP contribution in [0.3, 0.4) is 0 Å². The van der Waals surface area contributed by atoms with Crippen molar-refractivity contribution in [2.45, 2.75) is 63.2 Å². The Morgan fingerprint density at radius 3 is 1.94 bits per heavy atom. The highest BCUT2D eigenvalue weighted by Gasteiger charge is 2.39. The van der Waals surface area contributed by atoms with E-state index in [1.54, 1.807) is 12.4 Å². The molecule has 2 aromatic heterocycles. The Morgan fingerprint density at radius 1 is 0.875 bits per heavy atom. The van der Waals surface area contributed by atoms with E-state index in [-0.39, 0.29) is 43.3 Å². The number of methoxy groups -OCH3 is 2. The number of rotatable bonds is 12. The van der Waals surface area contributed by atoms with Crippen LogP contribution in [0.2, 0.25) is 10.0 Å². The van der Waals surface area contributed by atoms with Crippen molar-refractivity contribution in [3.63, 3.8) is 0 Å². The highest BCUT2D eigenvalue weighted by Crippen LogP contribution is 2.42. The molecule has 6 rings (SSSR count). The number of halogens is 4. The first kappa shape index (κ1) is 33.9. The molecule has 3 N–H and O–H groups in total. The number of nitrogens with zero attached hydrogens (tertiary/aromatic N) is 4. The van der Waals surface area contributed by atoms with Gasteiger partial charge in [0.15, 0.2) is 0 Å². The molecule has 48 heavy (non-hydrogen) atoms. The highest BCUT2D eigenvalue weighted by molar-refractivity contribution is 6.39. The summed E-state index contributed by atoms with van der Waals surface area (Å²) in [6, 6.07) is 10.9. The maximum absolute atomic E-state index is 13.6. The number of hydrogen-bond donors (Lipinski definition) is 3. The minimum absolute atomic E-state index is 0.0705. The second-order valence-electron chi connectivity index (χ2n) is 11.9. The summed E-state index contributed by atoms with van der Waals surface area (Å²) in [5.74, 6) is -1.92. The zero-order valence-corrected chi connectivity index (χ0v) is 28.0. The molecule has 1 aliphatic heterocycles. The van der Waals surface area contributed by atoms with Gasteiger partial charge in [-0.25, -0.2) is 18.7 Å². The molecular formula is C34H35Cl2F2N7O3. The number of carbonyl (C=O) groups excluding carboxylic acids is 1. The lowest BCUT2D eigenvalue weighted by Gasteiger charge is -2.16. The van der Waals surface area contributed by atoms with E-state index in [1.807, 2.05) is 36.4 Å². The summed E-state index contributed by atoms with van der Waals surface area (Å²) in [5, 5.41) is 10.2. The second kappa shape index (κ2) is 14.7. The summed E-state index contributed by atoms with van der Waals surface area (Å²) in [4.78, 5) is 30.0. The van der Waals surface area contributed by atoms with Gasteiger partial charge in [0.05, 0.1) is 48.0 Å². The normalized spacial score (nSPS) is 18.6. The zero-order chi connectivity index (χ0) is 33.8. The zero-order valence-electron chi connectivity index (χ0n) is 26.5. The third kappa shape index (κ3) is 7.52. The molecule has 0 spiro atoms. The Morgan fingerprint density at radius 2 is 1.44 bits per heavy atom. The molecule has 2 atom stereocenters. The lowest BCUT2D eigenvalue weighted by Crippen LogP contribution is -2.35. The van der Waals surface area contributed by atoms with Crippen LogP contribution in [-0.4, -0.2) is 64.6 Å². The fraction of sp³-hybridized carbons (Fsp3) is 0.382. The van der Waals surface area contributed by atoms with Crippen LogP contribution in [0, 0.1) is 0 Å². The second-order valence-corrected chi connectivity index (χ2v) is 12.6. The molecule has 1 aliphatic carbocycles. The summed E-state index contributed by atoms with van der Waals surface area (Å²) in [6.45, 7) is 1.29. The number of nitrogens with one attached hydrogen (secondary N) is 3. The topological polar surface area (TPSA) is 123 Å². The molecule has 2 aromatic carbocycles. The molecule has 1 unspecified atom stereocenters. The van der Waals surface area contributed by atoms with Crippen molar-refractivity contribution in [1.29, 1.82) is 0 Å². The van der Waals surface area contributed by atoms with Crippen molar-refractivity contribution < 1.29 is 23.0 Å². The minimum Gasteiger partial charge on any atom is -0.480 e. The molecular weight excluding hydrogens is 663 g/mol. The van der Waals surface area contributed by atoms with Gasteiger partial charge in [0, 0.05) is 73.2 Å². The van der Waals surface area contributed by atoms with Crippen molar-refractivity contribution >= 4 is 29.1 Å². The molecule has 14 heteroatoms. The van der Waals surface area contributed by atoms with E-state index in [4.69, 9.17) is 37.7 Å². The number of carbonyl (C=O) groups is 1. The Balaban J connectivity index is 1.21. The van der Waals surface area contributed by atoms with E-state index >= 15 is 0 Å². The molecule has 2 aliphatic rings. The molecule has 1 saturated carbocycles. The van der Waals surface area contributed by atoms with Gasteiger partial charge in [-0.1, -0.05) is 59.6 Å². The predicted molar refractivity (Wildman–Crippen MR) is 179 cm³/mol. The van der Waals surface area contributed by atoms with Gasteiger partial charge in [-0.2, -0.15) is 0 Å². The van der Waals surface area contributed by atoms with Crippen LogP contribution in [-0.2, 0) is 17.9 Å². The lowest BCUT2D eigenvalue weighted by molar-refractivity contribution is -0.119. The van der Waals surface area contributed by atoms with Gasteiger partial charge >= 0.3 is 0 Å². The van der Waals surface area contributed by atoms with Gasteiger partial charge in [0.1, 0.15) is 11.4 Å². The molecule has 4 aromatic rings. The number of benzene rings is 2. The summed E-state index contributed by atoms with van der Waals surface area (Å²) in [6.07, 6.45) is 4.67. The molecule has 252 valence electrons. The summed E-state index contributed by atoms with van der Waals surface area (Å²) >= 11 is 14.0. The average Bonchev–Trinajstić information content (AvgIpc) is 3.67. The summed E-state index contributed by atoms with van der Waals surface area (Å²) < 4.78 is 38.3. The third-order valence-corrected chi connectivity index (χ3v) is 9.39. The van der Waals surface area contributed by atoms with Gasteiger partial charge in [0.25, 0.3) is 0 Å². The first-order chi connectivity index (χ1) is 23.2. The number of ether oxygens (including phenoxy) is 2. The third-order valence-electron chi connectivity index (χ3n) is 8.58. The van der Waals surface area contributed by atoms with Crippen molar-refractivity contribution in [1.82, 2.24) is 35.9 Å². The van der Waals surface area contributed by atoms with E-state index in [2.05, 4.69) is 30.9 Å². The van der Waals surface area contributed by atoms with E-state index in [1.165, 1.54) is 14.2 Å². The van der Waals surface area contributed by atoms with Crippen LogP contribution in [0.25, 0.3) is 33.6 Å². The number of amides is 1. The van der Waals surface area contributed by atoms with Crippen molar-refractivity contribution in [2.75, 3.05) is 20.8 Å². The Kier molecular flexibility index (Phi) is 10.4. The van der Waals surface area contributed by atoms with Gasteiger partial charge in [-0.05, 0) is 12.8 Å². The molecule has 3 heterocycles. The fourth-order valence-electron chi connectivity index (χ4n) is 6.06. The largest absolute Gasteiger partial charge is 0.480 e. The molecule has 0 radical (unpaired) electrons. The van der Waals surface area contributed by atoms with Gasteiger partial charge < -0.3 is 25.4 Å². The molecule has 1 saturated heterocycles. The minimum atomic E-state index is -2.64. The maximum Gasteiger partial charge on any atom is 0.249 e. The maximum atomic E-state index is 13.6. The van der Waals surface area contributed by atoms with Crippen LogP contribution >= 0.6 is 23.2 Å². The average molecular weight is 699 g/mol. The smallest absolute Gasteiger partial charge is 0.249 e. The molecule has 0 bridgehead atoms.